The fraction of sp³-hybridized carbons (Fsp3) is 1.00. The van der Waals surface area contributed by atoms with E-state index in [1.165, 1.54) is 44.9 Å². The Labute approximate surface area is 140 Å². The van der Waals surface area contributed by atoms with Crippen LogP contribution in [0.2, 0.25) is 0 Å². The molecule has 23 heavy (non-hydrogen) atoms. The van der Waals surface area contributed by atoms with Gasteiger partial charge in [-0.1, -0.05) is 0 Å². The van der Waals surface area contributed by atoms with Crippen molar-refractivity contribution in [1.29, 1.82) is 0 Å². The molecule has 0 spiro atoms. The molecule has 0 aromatic rings. The fourth-order valence-corrected chi connectivity index (χ4v) is 5.82. The summed E-state index contributed by atoms with van der Waals surface area (Å²) in [4.78, 5) is 0. The van der Waals surface area contributed by atoms with Gasteiger partial charge in [0.05, 0.1) is 32.7 Å². The van der Waals surface area contributed by atoms with Crippen molar-refractivity contribution in [3.63, 3.8) is 0 Å². The topological polar surface area (TPSA) is 61.8 Å². The van der Waals surface area contributed by atoms with Gasteiger partial charge in [-0.15, -0.1) is 0 Å². The van der Waals surface area contributed by atoms with Crippen molar-refractivity contribution in [1.82, 2.24) is 0 Å². The molecule has 134 valence electrons. The minimum Gasteiger partial charge on any atom is -0.379 e. The minimum atomic E-state index is -3.36. The second-order valence-electron chi connectivity index (χ2n) is 7.92. The molecule has 0 saturated heterocycles. The summed E-state index contributed by atoms with van der Waals surface area (Å²) in [6.45, 7) is 2.26. The van der Waals surface area contributed by atoms with Gasteiger partial charge in [0.1, 0.15) is 0 Å². The monoisotopic (exact) mass is 346 g/mol. The van der Waals surface area contributed by atoms with Crippen LogP contribution in [0.3, 0.4) is 0 Å². The first kappa shape index (κ1) is 17.6. The summed E-state index contributed by atoms with van der Waals surface area (Å²) < 4.78 is 37.2. The molecule has 4 fully saturated rings. The van der Waals surface area contributed by atoms with Crippen LogP contribution in [-0.4, -0.2) is 47.7 Å². The number of ether oxygens (including phenoxy) is 2. The molecular formula is C17H30O5S. The van der Waals surface area contributed by atoms with Crippen LogP contribution < -0.4 is 0 Å². The summed E-state index contributed by atoms with van der Waals surface area (Å²) >= 11 is 0. The molecule has 0 aliphatic heterocycles. The first-order valence-corrected chi connectivity index (χ1v) is 10.8. The Bertz CT molecular complexity index is 452. The summed E-state index contributed by atoms with van der Waals surface area (Å²) in [6.07, 6.45) is 11.0. The van der Waals surface area contributed by atoms with Crippen LogP contribution in [0, 0.1) is 23.2 Å². The standard InChI is InChI=1S/C17H30O5S/c1-23(18,19)22-7-6-21-5-4-20-3-2-17-11-14-8-15(12-17)10-16(9-14)13-17/h14-16H,2-13H2,1H3. The normalized spacial score (nSPS) is 35.8. The first-order chi connectivity index (χ1) is 10.9. The third-order valence-corrected chi connectivity index (χ3v) is 6.43. The summed E-state index contributed by atoms with van der Waals surface area (Å²) in [5.41, 5.74) is 0.582. The molecule has 4 rings (SSSR count). The highest BCUT2D eigenvalue weighted by molar-refractivity contribution is 7.85. The maximum Gasteiger partial charge on any atom is 0.264 e. The van der Waals surface area contributed by atoms with Gasteiger partial charge in [-0.05, 0) is 68.1 Å². The fourth-order valence-electron chi connectivity index (χ4n) is 5.45. The Morgan fingerprint density at radius 2 is 1.30 bits per heavy atom. The van der Waals surface area contributed by atoms with Crippen molar-refractivity contribution >= 4 is 10.1 Å². The zero-order valence-corrected chi connectivity index (χ0v) is 15.0. The molecular weight excluding hydrogens is 316 g/mol. The van der Waals surface area contributed by atoms with Gasteiger partial charge < -0.3 is 9.47 Å². The van der Waals surface area contributed by atoms with E-state index in [1.807, 2.05) is 0 Å². The van der Waals surface area contributed by atoms with E-state index >= 15 is 0 Å². The maximum absolute atomic E-state index is 10.8. The molecule has 0 aromatic carbocycles. The summed E-state index contributed by atoms with van der Waals surface area (Å²) in [5.74, 6) is 3.00. The molecule has 5 nitrogen and oxygen atoms in total. The Hall–Kier alpha value is -0.170. The van der Waals surface area contributed by atoms with E-state index in [2.05, 4.69) is 4.18 Å². The molecule has 0 N–H and O–H groups in total. The van der Waals surface area contributed by atoms with E-state index in [9.17, 15) is 8.42 Å². The van der Waals surface area contributed by atoms with Crippen LogP contribution in [-0.2, 0) is 23.8 Å². The van der Waals surface area contributed by atoms with Gasteiger partial charge in [0.15, 0.2) is 0 Å². The third kappa shape index (κ3) is 5.15. The predicted molar refractivity (Wildman–Crippen MR) is 87.7 cm³/mol. The summed E-state index contributed by atoms with van der Waals surface area (Å²) in [6, 6.07) is 0. The highest BCUT2D eigenvalue weighted by Gasteiger charge is 2.50. The Morgan fingerprint density at radius 3 is 1.83 bits per heavy atom. The van der Waals surface area contributed by atoms with Gasteiger partial charge in [0.2, 0.25) is 0 Å². The zero-order valence-electron chi connectivity index (χ0n) is 14.2. The molecule has 0 radical (unpaired) electrons. The lowest BCUT2D eigenvalue weighted by Crippen LogP contribution is -2.46. The van der Waals surface area contributed by atoms with Crippen LogP contribution in [0.4, 0.5) is 0 Å². The summed E-state index contributed by atoms with van der Waals surface area (Å²) in [5, 5.41) is 0. The lowest BCUT2D eigenvalue weighted by atomic mass is 9.49. The number of hydrogen-bond acceptors (Lipinski definition) is 5. The van der Waals surface area contributed by atoms with Gasteiger partial charge in [-0.2, -0.15) is 8.42 Å². The van der Waals surface area contributed by atoms with Gasteiger partial charge in [-0.25, -0.2) is 0 Å². The molecule has 0 amide bonds. The van der Waals surface area contributed by atoms with Crippen molar-refractivity contribution in [2.75, 3.05) is 39.3 Å². The molecule has 4 aliphatic carbocycles. The number of rotatable bonds is 10. The van der Waals surface area contributed by atoms with Crippen molar-refractivity contribution in [3.05, 3.63) is 0 Å². The predicted octanol–water partition coefficient (Wildman–Crippen LogP) is 2.60. The molecule has 4 bridgehead atoms. The van der Waals surface area contributed by atoms with Crippen LogP contribution in [0.25, 0.3) is 0 Å². The lowest BCUT2D eigenvalue weighted by Gasteiger charge is -2.57. The van der Waals surface area contributed by atoms with Crippen molar-refractivity contribution in [2.24, 2.45) is 23.2 Å². The van der Waals surface area contributed by atoms with Crippen LogP contribution >= 0.6 is 0 Å². The van der Waals surface area contributed by atoms with E-state index < -0.39 is 10.1 Å². The smallest absolute Gasteiger partial charge is 0.264 e. The largest absolute Gasteiger partial charge is 0.379 e. The maximum atomic E-state index is 10.8. The first-order valence-electron chi connectivity index (χ1n) is 8.94. The van der Waals surface area contributed by atoms with Crippen molar-refractivity contribution in [3.8, 4) is 0 Å². The Balaban J connectivity index is 1.24. The van der Waals surface area contributed by atoms with Gasteiger partial charge in [0.25, 0.3) is 10.1 Å². The van der Waals surface area contributed by atoms with E-state index in [4.69, 9.17) is 9.47 Å². The summed E-state index contributed by atoms with van der Waals surface area (Å²) in [7, 11) is -3.36. The highest BCUT2D eigenvalue weighted by Crippen LogP contribution is 2.61. The van der Waals surface area contributed by atoms with Crippen LogP contribution in [0.15, 0.2) is 0 Å². The minimum absolute atomic E-state index is 0.0755. The van der Waals surface area contributed by atoms with Crippen LogP contribution in [0.1, 0.15) is 44.9 Å². The van der Waals surface area contributed by atoms with E-state index in [0.29, 0.717) is 18.6 Å². The Kier molecular flexibility index (Phi) is 5.66. The molecule has 0 heterocycles. The van der Waals surface area contributed by atoms with E-state index in [1.54, 1.807) is 0 Å². The Morgan fingerprint density at radius 1 is 0.826 bits per heavy atom. The molecule has 0 unspecified atom stereocenters. The van der Waals surface area contributed by atoms with Crippen molar-refractivity contribution < 1.29 is 22.1 Å². The number of hydrogen-bond donors (Lipinski definition) is 0. The highest BCUT2D eigenvalue weighted by atomic mass is 32.2. The molecule has 0 atom stereocenters. The average molecular weight is 346 g/mol. The third-order valence-electron chi connectivity index (χ3n) is 5.84. The van der Waals surface area contributed by atoms with E-state index in [0.717, 1.165) is 30.6 Å². The second-order valence-corrected chi connectivity index (χ2v) is 9.56. The SMILES string of the molecule is CS(=O)(=O)OCCOCCOCCC12CC3CC(CC(C3)C1)C2. The van der Waals surface area contributed by atoms with Crippen LogP contribution in [0.5, 0.6) is 0 Å². The van der Waals surface area contributed by atoms with Gasteiger partial charge >= 0.3 is 0 Å². The average Bonchev–Trinajstić information content (AvgIpc) is 2.42. The second kappa shape index (κ2) is 7.38. The van der Waals surface area contributed by atoms with E-state index in [-0.39, 0.29) is 13.2 Å². The van der Waals surface area contributed by atoms with Gasteiger partial charge in [0, 0.05) is 6.61 Å². The molecule has 0 aromatic heterocycles. The molecule has 4 saturated carbocycles. The zero-order chi connectivity index (χ0) is 16.3. The van der Waals surface area contributed by atoms with Crippen molar-refractivity contribution in [2.45, 2.75) is 44.9 Å². The van der Waals surface area contributed by atoms with Gasteiger partial charge in [-0.3, -0.25) is 4.18 Å². The molecule has 6 heteroatoms. The molecule has 4 aliphatic rings. The quantitative estimate of drug-likeness (QED) is 0.449. The lowest BCUT2D eigenvalue weighted by molar-refractivity contribution is -0.0714.